The first-order chi connectivity index (χ1) is 14.6. The van der Waals surface area contributed by atoms with Crippen LogP contribution in [0.3, 0.4) is 0 Å². The van der Waals surface area contributed by atoms with Gasteiger partial charge in [0.25, 0.3) is 0 Å². The number of fused-ring (bicyclic) bond motifs is 1. The van der Waals surface area contributed by atoms with E-state index in [2.05, 4.69) is 25.6 Å². The molecule has 7 nitrogen and oxygen atoms in total. The molecule has 0 spiro atoms. The molecule has 152 valence electrons. The summed E-state index contributed by atoms with van der Waals surface area (Å²) in [6.07, 6.45) is 7.09. The molecule has 0 saturated carbocycles. The maximum Gasteiger partial charge on any atom is 0.222 e. The van der Waals surface area contributed by atoms with Crippen LogP contribution in [0.1, 0.15) is 25.1 Å². The molecule has 1 aromatic carbocycles. The maximum absolute atomic E-state index is 13.3. The Kier molecular flexibility index (Phi) is 5.65. The predicted molar refractivity (Wildman–Crippen MR) is 112 cm³/mol. The Hall–Kier alpha value is -3.81. The molecule has 4 aromatic rings. The van der Waals surface area contributed by atoms with Gasteiger partial charge in [0.1, 0.15) is 17.3 Å². The topological polar surface area (TPSA) is 84.2 Å². The second-order valence-corrected chi connectivity index (χ2v) is 6.84. The smallest absolute Gasteiger partial charge is 0.222 e. The zero-order valence-corrected chi connectivity index (χ0v) is 16.4. The molecule has 0 fully saturated rings. The molecule has 3 heterocycles. The monoisotopic (exact) mass is 404 g/mol. The Balaban J connectivity index is 1.46. The van der Waals surface area contributed by atoms with E-state index < -0.39 is 0 Å². The Bertz CT molecular complexity index is 1140. The number of amides is 1. The number of nitrogens with one attached hydrogen (secondary N) is 2. The van der Waals surface area contributed by atoms with Crippen LogP contribution in [0.5, 0.6) is 0 Å². The lowest BCUT2D eigenvalue weighted by atomic mass is 10.1. The first kappa shape index (κ1) is 19.5. The Morgan fingerprint density at radius 3 is 2.77 bits per heavy atom. The molecule has 8 heteroatoms. The van der Waals surface area contributed by atoms with E-state index in [1.165, 1.54) is 12.1 Å². The van der Waals surface area contributed by atoms with Gasteiger partial charge < -0.3 is 10.6 Å². The van der Waals surface area contributed by atoms with Crippen LogP contribution in [-0.4, -0.2) is 31.8 Å². The molecule has 3 aromatic heterocycles. The summed E-state index contributed by atoms with van der Waals surface area (Å²) >= 11 is 0. The molecular formula is C22H21FN6O. The van der Waals surface area contributed by atoms with E-state index in [1.807, 2.05) is 29.5 Å². The lowest BCUT2D eigenvalue weighted by molar-refractivity contribution is -0.121. The third kappa shape index (κ3) is 4.27. The molecule has 30 heavy (non-hydrogen) atoms. The minimum absolute atomic E-state index is 0.0838. The van der Waals surface area contributed by atoms with Crippen molar-refractivity contribution in [2.24, 2.45) is 0 Å². The van der Waals surface area contributed by atoms with Crippen molar-refractivity contribution in [2.45, 2.75) is 19.4 Å². The van der Waals surface area contributed by atoms with Gasteiger partial charge in [0, 0.05) is 37.1 Å². The number of imidazole rings is 1. The van der Waals surface area contributed by atoms with Gasteiger partial charge in [-0.05, 0) is 43.3 Å². The average molecular weight is 404 g/mol. The van der Waals surface area contributed by atoms with Gasteiger partial charge in [0.05, 0.1) is 17.9 Å². The van der Waals surface area contributed by atoms with Crippen molar-refractivity contribution in [1.82, 2.24) is 24.7 Å². The predicted octanol–water partition coefficient (Wildman–Crippen LogP) is 3.61. The van der Waals surface area contributed by atoms with E-state index >= 15 is 0 Å². The third-order valence-corrected chi connectivity index (χ3v) is 4.70. The fraction of sp³-hybridized carbons (Fsp3) is 0.182. The van der Waals surface area contributed by atoms with E-state index in [-0.39, 0.29) is 24.2 Å². The van der Waals surface area contributed by atoms with Crippen molar-refractivity contribution in [1.29, 1.82) is 0 Å². The summed E-state index contributed by atoms with van der Waals surface area (Å²) in [5, 5.41) is 6.25. The zero-order chi connectivity index (χ0) is 20.9. The van der Waals surface area contributed by atoms with Gasteiger partial charge in [0.15, 0.2) is 5.65 Å². The zero-order valence-electron chi connectivity index (χ0n) is 16.4. The number of pyridine rings is 1. The molecule has 0 saturated heterocycles. The second-order valence-electron chi connectivity index (χ2n) is 6.84. The van der Waals surface area contributed by atoms with Gasteiger partial charge in [0.2, 0.25) is 5.91 Å². The average Bonchev–Trinajstić information content (AvgIpc) is 3.13. The molecule has 2 N–H and O–H groups in total. The van der Waals surface area contributed by atoms with E-state index in [1.54, 1.807) is 36.9 Å². The number of carbonyl (C=O) groups is 1. The molecule has 0 aliphatic carbocycles. The summed E-state index contributed by atoms with van der Waals surface area (Å²) in [5.74, 6) is 0.335. The minimum atomic E-state index is -0.308. The Morgan fingerprint density at radius 1 is 1.17 bits per heavy atom. The number of aromatic nitrogens is 4. The summed E-state index contributed by atoms with van der Waals surface area (Å²) in [5.41, 5.74) is 2.92. The number of nitrogens with zero attached hydrogens (tertiary/aromatic N) is 4. The molecule has 1 atom stereocenters. The number of carbonyl (C=O) groups excluding carboxylic acids is 1. The highest BCUT2D eigenvalue weighted by Gasteiger charge is 2.15. The molecule has 0 unspecified atom stereocenters. The van der Waals surface area contributed by atoms with Crippen LogP contribution in [0.15, 0.2) is 67.3 Å². The number of anilines is 1. The lowest BCUT2D eigenvalue weighted by Crippen LogP contribution is -2.28. The van der Waals surface area contributed by atoms with E-state index in [9.17, 15) is 9.18 Å². The van der Waals surface area contributed by atoms with Gasteiger partial charge >= 0.3 is 0 Å². The number of rotatable bonds is 7. The van der Waals surface area contributed by atoms with Gasteiger partial charge in [-0.15, -0.1) is 0 Å². The fourth-order valence-electron chi connectivity index (χ4n) is 3.20. The molecular weight excluding hydrogens is 383 g/mol. The molecule has 0 radical (unpaired) electrons. The number of benzene rings is 1. The van der Waals surface area contributed by atoms with Crippen LogP contribution < -0.4 is 10.6 Å². The highest BCUT2D eigenvalue weighted by Crippen LogP contribution is 2.28. The molecule has 0 bridgehead atoms. The van der Waals surface area contributed by atoms with Crippen molar-refractivity contribution in [3.05, 3.63) is 78.8 Å². The summed E-state index contributed by atoms with van der Waals surface area (Å²) < 4.78 is 15.2. The van der Waals surface area contributed by atoms with Crippen LogP contribution in [0, 0.1) is 5.82 Å². The highest BCUT2D eigenvalue weighted by molar-refractivity contribution is 5.78. The molecule has 1 amide bonds. The number of hydrogen-bond donors (Lipinski definition) is 2. The summed E-state index contributed by atoms with van der Waals surface area (Å²) in [6.45, 7) is 2.31. The van der Waals surface area contributed by atoms with Gasteiger partial charge in [-0.2, -0.15) is 0 Å². The normalized spacial score (nSPS) is 11.9. The quantitative estimate of drug-likeness (QED) is 0.492. The van der Waals surface area contributed by atoms with Gasteiger partial charge in [-0.3, -0.25) is 19.2 Å². The van der Waals surface area contributed by atoms with Crippen molar-refractivity contribution >= 4 is 17.4 Å². The van der Waals surface area contributed by atoms with Crippen LogP contribution in [0.2, 0.25) is 0 Å². The number of hydrogen-bond acceptors (Lipinski definition) is 5. The maximum atomic E-state index is 13.3. The summed E-state index contributed by atoms with van der Waals surface area (Å²) in [6, 6.07) is 11.6. The van der Waals surface area contributed by atoms with Crippen molar-refractivity contribution in [3.8, 4) is 11.3 Å². The SMILES string of the molecule is C[C@@H](NC(=O)CCNc1c(-c2ccc(F)cc2)nc2cnccn12)c1ccccn1. The highest BCUT2D eigenvalue weighted by atomic mass is 19.1. The number of halogens is 1. The summed E-state index contributed by atoms with van der Waals surface area (Å²) in [4.78, 5) is 25.3. The molecule has 4 rings (SSSR count). The first-order valence-corrected chi connectivity index (χ1v) is 9.64. The fourth-order valence-corrected chi connectivity index (χ4v) is 3.20. The summed E-state index contributed by atoms with van der Waals surface area (Å²) in [7, 11) is 0. The van der Waals surface area contributed by atoms with Crippen LogP contribution in [0.4, 0.5) is 10.2 Å². The largest absolute Gasteiger partial charge is 0.369 e. The van der Waals surface area contributed by atoms with Crippen molar-refractivity contribution in [3.63, 3.8) is 0 Å². The van der Waals surface area contributed by atoms with Crippen LogP contribution >= 0.6 is 0 Å². The molecule has 0 aliphatic rings. The minimum Gasteiger partial charge on any atom is -0.369 e. The van der Waals surface area contributed by atoms with E-state index in [4.69, 9.17) is 0 Å². The third-order valence-electron chi connectivity index (χ3n) is 4.70. The Labute approximate surface area is 173 Å². The first-order valence-electron chi connectivity index (χ1n) is 9.64. The van der Waals surface area contributed by atoms with Gasteiger partial charge in [-0.1, -0.05) is 6.07 Å². The standard InChI is InChI=1S/C22H21FN6O/c1-15(18-4-2-3-10-25-18)27-20(30)9-11-26-22-21(16-5-7-17(23)8-6-16)28-19-14-24-12-13-29(19)22/h2-8,10,12-15,26H,9,11H2,1H3,(H,27,30)/t15-/m1/s1. The van der Waals surface area contributed by atoms with Gasteiger partial charge in [-0.25, -0.2) is 9.37 Å². The van der Waals surface area contributed by atoms with Crippen molar-refractivity contribution < 1.29 is 9.18 Å². The van der Waals surface area contributed by atoms with Crippen LogP contribution in [0.25, 0.3) is 16.9 Å². The van der Waals surface area contributed by atoms with Crippen molar-refractivity contribution in [2.75, 3.05) is 11.9 Å². The van der Waals surface area contributed by atoms with E-state index in [0.29, 0.717) is 17.9 Å². The molecule has 0 aliphatic heterocycles. The Morgan fingerprint density at radius 2 is 2.00 bits per heavy atom. The van der Waals surface area contributed by atoms with E-state index in [0.717, 1.165) is 17.1 Å². The second kappa shape index (κ2) is 8.69. The lowest BCUT2D eigenvalue weighted by Gasteiger charge is -2.14. The van der Waals surface area contributed by atoms with Crippen LogP contribution in [-0.2, 0) is 4.79 Å².